The van der Waals surface area contributed by atoms with Gasteiger partial charge in [-0.2, -0.15) is 0 Å². The number of amides is 1. The summed E-state index contributed by atoms with van der Waals surface area (Å²) in [6.45, 7) is 7.36. The van der Waals surface area contributed by atoms with E-state index in [1.54, 1.807) is 12.1 Å². The van der Waals surface area contributed by atoms with Gasteiger partial charge < -0.3 is 10.2 Å². The minimum Gasteiger partial charge on any atom is -0.351 e. The van der Waals surface area contributed by atoms with Gasteiger partial charge in [0.25, 0.3) is 5.91 Å². The minimum atomic E-state index is -0.465. The van der Waals surface area contributed by atoms with Crippen LogP contribution < -0.4 is 5.32 Å². The maximum atomic E-state index is 13.6. The number of nitrogens with zero attached hydrogens (tertiary/aromatic N) is 2. The van der Waals surface area contributed by atoms with Crippen LogP contribution in [0.2, 0.25) is 0 Å². The van der Waals surface area contributed by atoms with Crippen LogP contribution in [0, 0.1) is 12.7 Å². The van der Waals surface area contributed by atoms with Crippen molar-refractivity contribution in [3.05, 3.63) is 35.1 Å². The Morgan fingerprint density at radius 3 is 2.70 bits per heavy atom. The molecule has 1 aromatic rings. The second-order valence-corrected chi connectivity index (χ2v) is 5.38. The summed E-state index contributed by atoms with van der Waals surface area (Å²) in [5, 5.41) is 2.79. The standard InChI is InChI=1S/C15H22FN3O/c1-12-3-4-14(16)13(11-12)15(20)17-5-6-19-9-7-18(2)8-10-19/h3-4,11H,5-10H2,1-2H3,(H,17,20). The lowest BCUT2D eigenvalue weighted by molar-refractivity contribution is 0.0937. The lowest BCUT2D eigenvalue weighted by Gasteiger charge is -2.32. The van der Waals surface area contributed by atoms with Crippen molar-refractivity contribution in [2.75, 3.05) is 46.3 Å². The van der Waals surface area contributed by atoms with E-state index in [4.69, 9.17) is 0 Å². The fourth-order valence-corrected chi connectivity index (χ4v) is 2.31. The van der Waals surface area contributed by atoms with E-state index < -0.39 is 5.82 Å². The van der Waals surface area contributed by atoms with Gasteiger partial charge >= 0.3 is 0 Å². The Morgan fingerprint density at radius 2 is 2.00 bits per heavy atom. The van der Waals surface area contributed by atoms with Gasteiger partial charge in [-0.3, -0.25) is 9.69 Å². The van der Waals surface area contributed by atoms with Crippen molar-refractivity contribution in [2.24, 2.45) is 0 Å². The van der Waals surface area contributed by atoms with Crippen molar-refractivity contribution in [2.45, 2.75) is 6.92 Å². The molecule has 1 aromatic carbocycles. The number of halogens is 1. The Hall–Kier alpha value is -1.46. The summed E-state index contributed by atoms with van der Waals surface area (Å²) in [5.41, 5.74) is 1.01. The van der Waals surface area contributed by atoms with E-state index in [1.165, 1.54) is 6.07 Å². The van der Waals surface area contributed by atoms with Crippen molar-refractivity contribution >= 4 is 5.91 Å². The summed E-state index contributed by atoms with van der Waals surface area (Å²) in [4.78, 5) is 16.5. The third-order valence-electron chi connectivity index (χ3n) is 3.68. The normalized spacial score (nSPS) is 17.1. The predicted octanol–water partition coefficient (Wildman–Crippen LogP) is 1.11. The molecule has 5 heteroatoms. The summed E-state index contributed by atoms with van der Waals surface area (Å²) in [6.07, 6.45) is 0. The molecular formula is C15H22FN3O. The molecule has 0 atom stereocenters. The smallest absolute Gasteiger partial charge is 0.254 e. The molecule has 1 heterocycles. The number of carbonyl (C=O) groups excluding carboxylic acids is 1. The number of nitrogens with one attached hydrogen (secondary N) is 1. The largest absolute Gasteiger partial charge is 0.351 e. The van der Waals surface area contributed by atoms with Crippen LogP contribution >= 0.6 is 0 Å². The second kappa shape index (κ2) is 6.81. The molecule has 1 fully saturated rings. The zero-order valence-corrected chi connectivity index (χ0v) is 12.2. The van der Waals surface area contributed by atoms with Crippen LogP contribution in [0.4, 0.5) is 4.39 Å². The Kier molecular flexibility index (Phi) is 5.09. The van der Waals surface area contributed by atoms with Gasteiger partial charge in [0.05, 0.1) is 5.56 Å². The lowest BCUT2D eigenvalue weighted by atomic mass is 10.1. The average Bonchev–Trinajstić information content (AvgIpc) is 2.43. The van der Waals surface area contributed by atoms with Crippen LogP contribution in [0.5, 0.6) is 0 Å². The maximum absolute atomic E-state index is 13.6. The van der Waals surface area contributed by atoms with Crippen molar-refractivity contribution < 1.29 is 9.18 Å². The molecule has 1 amide bonds. The highest BCUT2D eigenvalue weighted by Crippen LogP contribution is 2.09. The zero-order chi connectivity index (χ0) is 14.5. The number of piperazine rings is 1. The van der Waals surface area contributed by atoms with Gasteiger partial charge in [-0.15, -0.1) is 0 Å². The molecule has 110 valence electrons. The fraction of sp³-hybridized carbons (Fsp3) is 0.533. The number of likely N-dealkylation sites (N-methyl/N-ethyl adjacent to an activating group) is 1. The molecule has 0 spiro atoms. The van der Waals surface area contributed by atoms with Gasteiger partial charge in [0.2, 0.25) is 0 Å². The van der Waals surface area contributed by atoms with Crippen molar-refractivity contribution in [1.29, 1.82) is 0 Å². The molecule has 20 heavy (non-hydrogen) atoms. The van der Waals surface area contributed by atoms with Gasteiger partial charge in [0.1, 0.15) is 5.82 Å². The SMILES string of the molecule is Cc1ccc(F)c(C(=O)NCCN2CCN(C)CC2)c1. The zero-order valence-electron chi connectivity index (χ0n) is 12.2. The maximum Gasteiger partial charge on any atom is 0.254 e. The van der Waals surface area contributed by atoms with Crippen molar-refractivity contribution in [3.8, 4) is 0 Å². The first-order valence-corrected chi connectivity index (χ1v) is 7.01. The number of hydrogen-bond acceptors (Lipinski definition) is 3. The second-order valence-electron chi connectivity index (χ2n) is 5.38. The quantitative estimate of drug-likeness (QED) is 0.897. The van der Waals surface area contributed by atoms with Gasteiger partial charge in [-0.1, -0.05) is 11.6 Å². The first-order valence-electron chi connectivity index (χ1n) is 7.01. The van der Waals surface area contributed by atoms with Crippen LogP contribution in [0.25, 0.3) is 0 Å². The molecule has 0 bridgehead atoms. The van der Waals surface area contributed by atoms with Crippen LogP contribution in [0.3, 0.4) is 0 Å². The monoisotopic (exact) mass is 279 g/mol. The van der Waals surface area contributed by atoms with E-state index in [9.17, 15) is 9.18 Å². The van der Waals surface area contributed by atoms with E-state index in [2.05, 4.69) is 22.2 Å². The first kappa shape index (κ1) is 14.9. The summed E-state index contributed by atoms with van der Waals surface area (Å²) >= 11 is 0. The van der Waals surface area contributed by atoms with E-state index >= 15 is 0 Å². The summed E-state index contributed by atoms with van der Waals surface area (Å²) in [5.74, 6) is -0.798. The van der Waals surface area contributed by atoms with Crippen molar-refractivity contribution in [3.63, 3.8) is 0 Å². The summed E-state index contributed by atoms with van der Waals surface area (Å²) in [6, 6.07) is 4.58. The molecule has 0 radical (unpaired) electrons. The molecule has 4 nitrogen and oxygen atoms in total. The highest BCUT2D eigenvalue weighted by Gasteiger charge is 2.15. The molecule has 0 aliphatic carbocycles. The third-order valence-corrected chi connectivity index (χ3v) is 3.68. The molecule has 1 N–H and O–H groups in total. The molecule has 2 rings (SSSR count). The Balaban J connectivity index is 1.79. The van der Waals surface area contributed by atoms with E-state index in [1.807, 2.05) is 6.92 Å². The molecule has 0 saturated carbocycles. The average molecular weight is 279 g/mol. The Labute approximate surface area is 119 Å². The van der Waals surface area contributed by atoms with Gasteiger partial charge in [-0.25, -0.2) is 4.39 Å². The van der Waals surface area contributed by atoms with Crippen LogP contribution in [-0.4, -0.2) is 62.0 Å². The topological polar surface area (TPSA) is 35.6 Å². The molecule has 0 unspecified atom stereocenters. The predicted molar refractivity (Wildman–Crippen MR) is 77.4 cm³/mol. The van der Waals surface area contributed by atoms with E-state index in [0.717, 1.165) is 38.3 Å². The van der Waals surface area contributed by atoms with Gasteiger partial charge in [-0.05, 0) is 26.1 Å². The minimum absolute atomic E-state index is 0.128. The highest BCUT2D eigenvalue weighted by atomic mass is 19.1. The number of hydrogen-bond donors (Lipinski definition) is 1. The van der Waals surface area contributed by atoms with Crippen LogP contribution in [-0.2, 0) is 0 Å². The third kappa shape index (κ3) is 4.02. The molecule has 1 aliphatic heterocycles. The van der Waals surface area contributed by atoms with E-state index in [-0.39, 0.29) is 11.5 Å². The molecule has 0 aromatic heterocycles. The lowest BCUT2D eigenvalue weighted by Crippen LogP contribution is -2.46. The number of benzene rings is 1. The van der Waals surface area contributed by atoms with Crippen LogP contribution in [0.15, 0.2) is 18.2 Å². The highest BCUT2D eigenvalue weighted by molar-refractivity contribution is 5.94. The number of aryl methyl sites for hydroxylation is 1. The van der Waals surface area contributed by atoms with Gasteiger partial charge in [0.15, 0.2) is 0 Å². The summed E-state index contributed by atoms with van der Waals surface area (Å²) in [7, 11) is 2.11. The van der Waals surface area contributed by atoms with E-state index in [0.29, 0.717) is 6.54 Å². The van der Waals surface area contributed by atoms with Gasteiger partial charge in [0, 0.05) is 39.3 Å². The fourth-order valence-electron chi connectivity index (χ4n) is 2.31. The first-order chi connectivity index (χ1) is 9.56. The number of carbonyl (C=O) groups is 1. The number of rotatable bonds is 4. The summed E-state index contributed by atoms with van der Waals surface area (Å²) < 4.78 is 13.6. The molecule has 1 saturated heterocycles. The Bertz CT molecular complexity index is 470. The van der Waals surface area contributed by atoms with Crippen LogP contribution in [0.1, 0.15) is 15.9 Å². The Morgan fingerprint density at radius 1 is 1.30 bits per heavy atom. The van der Waals surface area contributed by atoms with Crippen molar-refractivity contribution in [1.82, 2.24) is 15.1 Å². The molecular weight excluding hydrogens is 257 g/mol. The molecule has 1 aliphatic rings.